The van der Waals surface area contributed by atoms with Crippen molar-refractivity contribution in [3.8, 4) is 0 Å². The van der Waals surface area contributed by atoms with Crippen molar-refractivity contribution in [1.82, 2.24) is 10.4 Å². The Morgan fingerprint density at radius 2 is 2.11 bits per heavy atom. The molecule has 0 aliphatic carbocycles. The van der Waals surface area contributed by atoms with Crippen LogP contribution in [0, 0.1) is 0 Å². The van der Waals surface area contributed by atoms with Crippen LogP contribution < -0.4 is 5.43 Å². The lowest BCUT2D eigenvalue weighted by molar-refractivity contribution is 0.362. The van der Waals surface area contributed by atoms with Crippen LogP contribution in [-0.4, -0.2) is 12.1 Å². The Labute approximate surface area is 55.8 Å². The molecule has 0 saturated heterocycles. The van der Waals surface area contributed by atoms with Crippen LogP contribution in [0.4, 0.5) is 0 Å². The first-order valence-electron chi connectivity index (χ1n) is 3.05. The standard InChI is InChI=1S/C7H12N2/c1-6-4-5-9(3)8-7(6)2/h4-5,8H,1-3H3. The van der Waals surface area contributed by atoms with Crippen molar-refractivity contribution in [1.29, 1.82) is 0 Å². The van der Waals surface area contributed by atoms with E-state index in [4.69, 9.17) is 0 Å². The number of hydrazine groups is 1. The van der Waals surface area contributed by atoms with E-state index in [-0.39, 0.29) is 0 Å². The van der Waals surface area contributed by atoms with Gasteiger partial charge in [-0.3, -0.25) is 5.01 Å². The van der Waals surface area contributed by atoms with Crippen molar-refractivity contribution in [2.24, 2.45) is 0 Å². The largest absolute Gasteiger partial charge is 0.303 e. The van der Waals surface area contributed by atoms with Crippen molar-refractivity contribution in [3.63, 3.8) is 0 Å². The summed E-state index contributed by atoms with van der Waals surface area (Å²) in [6.07, 6.45) is 4.09. The molecule has 0 spiro atoms. The van der Waals surface area contributed by atoms with E-state index in [9.17, 15) is 0 Å². The summed E-state index contributed by atoms with van der Waals surface area (Å²) in [6, 6.07) is 0. The van der Waals surface area contributed by atoms with Gasteiger partial charge >= 0.3 is 0 Å². The monoisotopic (exact) mass is 124 g/mol. The molecule has 0 atom stereocenters. The van der Waals surface area contributed by atoms with Gasteiger partial charge in [0, 0.05) is 18.9 Å². The molecule has 0 saturated carbocycles. The number of hydrogen-bond donors (Lipinski definition) is 1. The second-order valence-electron chi connectivity index (χ2n) is 2.35. The van der Waals surface area contributed by atoms with E-state index in [2.05, 4.69) is 25.3 Å². The topological polar surface area (TPSA) is 15.3 Å². The molecule has 0 radical (unpaired) electrons. The average molecular weight is 124 g/mol. The van der Waals surface area contributed by atoms with Crippen LogP contribution in [0.1, 0.15) is 13.8 Å². The third-order valence-electron chi connectivity index (χ3n) is 1.48. The van der Waals surface area contributed by atoms with Crippen LogP contribution in [0.5, 0.6) is 0 Å². The average Bonchev–Trinajstić information content (AvgIpc) is 1.80. The molecule has 0 aromatic rings. The van der Waals surface area contributed by atoms with E-state index in [0.29, 0.717) is 0 Å². The van der Waals surface area contributed by atoms with Gasteiger partial charge in [0.2, 0.25) is 0 Å². The summed E-state index contributed by atoms with van der Waals surface area (Å²) in [5.74, 6) is 0. The zero-order valence-electron chi connectivity index (χ0n) is 6.10. The minimum atomic E-state index is 1.22. The Morgan fingerprint density at radius 1 is 1.44 bits per heavy atom. The highest BCUT2D eigenvalue weighted by atomic mass is 15.5. The number of nitrogens with zero attached hydrogens (tertiary/aromatic N) is 1. The molecule has 1 heterocycles. The van der Waals surface area contributed by atoms with Gasteiger partial charge in [-0.1, -0.05) is 0 Å². The summed E-state index contributed by atoms with van der Waals surface area (Å²) >= 11 is 0. The summed E-state index contributed by atoms with van der Waals surface area (Å²) in [5, 5.41) is 1.93. The van der Waals surface area contributed by atoms with Crippen LogP contribution in [0.15, 0.2) is 23.5 Å². The molecule has 2 nitrogen and oxygen atoms in total. The van der Waals surface area contributed by atoms with Crippen molar-refractivity contribution in [2.45, 2.75) is 13.8 Å². The minimum absolute atomic E-state index is 1.22. The fourth-order valence-electron chi connectivity index (χ4n) is 0.739. The predicted octanol–water partition coefficient (Wildman–Crippen LogP) is 1.24. The number of hydrogen-bond acceptors (Lipinski definition) is 2. The fourth-order valence-corrected chi connectivity index (χ4v) is 0.739. The Morgan fingerprint density at radius 3 is 2.56 bits per heavy atom. The molecule has 1 aliphatic heterocycles. The van der Waals surface area contributed by atoms with Gasteiger partial charge in [0.05, 0.1) is 0 Å². The zero-order valence-corrected chi connectivity index (χ0v) is 6.10. The number of rotatable bonds is 0. The van der Waals surface area contributed by atoms with Crippen molar-refractivity contribution in [3.05, 3.63) is 23.5 Å². The first kappa shape index (κ1) is 6.20. The minimum Gasteiger partial charge on any atom is -0.303 e. The van der Waals surface area contributed by atoms with Crippen molar-refractivity contribution >= 4 is 0 Å². The Kier molecular flexibility index (Phi) is 1.47. The maximum atomic E-state index is 3.16. The third-order valence-corrected chi connectivity index (χ3v) is 1.48. The molecule has 0 bridgehead atoms. The maximum Gasteiger partial charge on any atom is 0.0314 e. The molecule has 9 heavy (non-hydrogen) atoms. The second kappa shape index (κ2) is 2.13. The predicted molar refractivity (Wildman–Crippen MR) is 38.4 cm³/mol. The molecule has 0 amide bonds. The molecular formula is C7H12N2. The van der Waals surface area contributed by atoms with Gasteiger partial charge in [-0.05, 0) is 25.5 Å². The fraction of sp³-hybridized carbons (Fsp3) is 0.429. The van der Waals surface area contributed by atoms with Gasteiger partial charge in [-0.25, -0.2) is 0 Å². The van der Waals surface area contributed by atoms with Gasteiger partial charge in [-0.15, -0.1) is 0 Å². The van der Waals surface area contributed by atoms with E-state index >= 15 is 0 Å². The Hall–Kier alpha value is -0.920. The normalized spacial score (nSPS) is 18.3. The van der Waals surface area contributed by atoms with E-state index in [0.717, 1.165) is 0 Å². The van der Waals surface area contributed by atoms with Gasteiger partial charge < -0.3 is 5.43 Å². The quantitative estimate of drug-likeness (QED) is 0.522. The lowest BCUT2D eigenvalue weighted by Gasteiger charge is -2.22. The molecule has 0 fully saturated rings. The SMILES string of the molecule is CC1=C(C)NN(C)C=C1. The summed E-state index contributed by atoms with van der Waals surface area (Å²) in [4.78, 5) is 0. The molecule has 1 N–H and O–H groups in total. The Balaban J connectivity index is 2.75. The van der Waals surface area contributed by atoms with Crippen LogP contribution in [0.25, 0.3) is 0 Å². The maximum absolute atomic E-state index is 3.16. The summed E-state index contributed by atoms with van der Waals surface area (Å²) in [7, 11) is 1.98. The van der Waals surface area contributed by atoms with Crippen molar-refractivity contribution < 1.29 is 0 Å². The first-order valence-corrected chi connectivity index (χ1v) is 3.05. The summed E-state index contributed by atoms with van der Waals surface area (Å²) in [5.41, 5.74) is 5.68. The van der Waals surface area contributed by atoms with Crippen molar-refractivity contribution in [2.75, 3.05) is 7.05 Å². The summed E-state index contributed by atoms with van der Waals surface area (Å²) in [6.45, 7) is 4.15. The van der Waals surface area contributed by atoms with E-state index in [1.54, 1.807) is 0 Å². The van der Waals surface area contributed by atoms with Crippen LogP contribution in [0.2, 0.25) is 0 Å². The zero-order chi connectivity index (χ0) is 6.85. The number of nitrogens with one attached hydrogen (secondary N) is 1. The lowest BCUT2D eigenvalue weighted by atomic mass is 10.2. The molecule has 0 unspecified atom stereocenters. The lowest BCUT2D eigenvalue weighted by Crippen LogP contribution is -2.30. The highest BCUT2D eigenvalue weighted by molar-refractivity contribution is 5.23. The highest BCUT2D eigenvalue weighted by Gasteiger charge is 1.99. The number of allylic oxidation sites excluding steroid dienone is 3. The van der Waals surface area contributed by atoms with Gasteiger partial charge in [0.15, 0.2) is 0 Å². The molecule has 50 valence electrons. The van der Waals surface area contributed by atoms with E-state index in [1.807, 2.05) is 18.3 Å². The first-order chi connectivity index (χ1) is 4.20. The molecular weight excluding hydrogens is 112 g/mol. The molecule has 1 aliphatic rings. The van der Waals surface area contributed by atoms with Crippen LogP contribution >= 0.6 is 0 Å². The smallest absolute Gasteiger partial charge is 0.0314 e. The summed E-state index contributed by atoms with van der Waals surface area (Å²) < 4.78 is 0. The van der Waals surface area contributed by atoms with E-state index in [1.165, 1.54) is 11.3 Å². The van der Waals surface area contributed by atoms with Crippen LogP contribution in [-0.2, 0) is 0 Å². The van der Waals surface area contributed by atoms with Crippen LogP contribution in [0.3, 0.4) is 0 Å². The molecule has 2 heteroatoms. The van der Waals surface area contributed by atoms with Gasteiger partial charge in [0.25, 0.3) is 0 Å². The molecule has 0 aromatic carbocycles. The van der Waals surface area contributed by atoms with E-state index < -0.39 is 0 Å². The highest BCUT2D eigenvalue weighted by Crippen LogP contribution is 2.06. The third kappa shape index (κ3) is 1.25. The van der Waals surface area contributed by atoms with Gasteiger partial charge in [0.1, 0.15) is 0 Å². The van der Waals surface area contributed by atoms with Gasteiger partial charge in [-0.2, -0.15) is 0 Å². The Bertz CT molecular complexity index is 168. The molecule has 1 rings (SSSR count). The molecule has 0 aromatic heterocycles. The second-order valence-corrected chi connectivity index (χ2v) is 2.35.